The van der Waals surface area contributed by atoms with Crippen molar-refractivity contribution in [1.29, 1.82) is 0 Å². The van der Waals surface area contributed by atoms with Crippen molar-refractivity contribution in [1.82, 2.24) is 9.97 Å². The summed E-state index contributed by atoms with van der Waals surface area (Å²) in [4.78, 5) is 26.5. The third kappa shape index (κ3) is 3.61. The van der Waals surface area contributed by atoms with E-state index < -0.39 is 0 Å². The minimum absolute atomic E-state index is 0.0778. The number of carbonyl (C=O) groups is 1. The van der Waals surface area contributed by atoms with Crippen molar-refractivity contribution in [2.75, 3.05) is 37.0 Å². The lowest BCUT2D eigenvalue weighted by Gasteiger charge is -2.34. The number of nitrogens with zero attached hydrogens (tertiary/aromatic N) is 4. The highest BCUT2D eigenvalue weighted by Crippen LogP contribution is 2.38. The fourth-order valence-electron chi connectivity index (χ4n) is 3.43. The number of hydrogen-bond donors (Lipinski definition) is 0. The van der Waals surface area contributed by atoms with Crippen molar-refractivity contribution in [3.05, 3.63) is 47.0 Å². The first-order chi connectivity index (χ1) is 14.4. The van der Waals surface area contributed by atoms with Gasteiger partial charge in [0, 0.05) is 25.7 Å². The molecule has 0 fully saturated rings. The fraction of sp³-hybridized carbons (Fsp3) is 0.318. The van der Waals surface area contributed by atoms with Gasteiger partial charge in [0.15, 0.2) is 23.1 Å². The topological polar surface area (TPSA) is 67.8 Å². The minimum atomic E-state index is -0.217. The maximum atomic E-state index is 13.4. The van der Waals surface area contributed by atoms with Crippen LogP contribution in [0.5, 0.6) is 11.5 Å². The van der Waals surface area contributed by atoms with Gasteiger partial charge in [-0.25, -0.2) is 9.97 Å². The highest BCUT2D eigenvalue weighted by molar-refractivity contribution is 6.33. The summed E-state index contributed by atoms with van der Waals surface area (Å²) in [5.41, 5.74) is 1.93. The standard InChI is InChI=1S/C22H23ClN4O3/c1-13(2)30-19-15(23)11-14(12-18(19)29-4)22(28)27-10-9-26(3)20-21(27)25-17-8-6-5-7-16(17)24-20/h5-8,11-13H,9-10H2,1-4H3. The van der Waals surface area contributed by atoms with Crippen LogP contribution in [-0.4, -0.2) is 49.2 Å². The van der Waals surface area contributed by atoms with E-state index in [9.17, 15) is 4.79 Å². The van der Waals surface area contributed by atoms with Gasteiger partial charge >= 0.3 is 0 Å². The Bertz CT molecular complexity index is 1120. The number of methoxy groups -OCH3 is 1. The van der Waals surface area contributed by atoms with Crippen LogP contribution in [0.1, 0.15) is 24.2 Å². The molecular formula is C22H23ClN4O3. The van der Waals surface area contributed by atoms with Crippen molar-refractivity contribution in [3.63, 3.8) is 0 Å². The zero-order chi connectivity index (χ0) is 21.4. The van der Waals surface area contributed by atoms with Crippen LogP contribution in [0.2, 0.25) is 5.02 Å². The lowest BCUT2D eigenvalue weighted by molar-refractivity contribution is 0.0985. The lowest BCUT2D eigenvalue weighted by Crippen LogP contribution is -2.43. The molecule has 2 heterocycles. The molecule has 7 nitrogen and oxygen atoms in total. The van der Waals surface area contributed by atoms with E-state index in [4.69, 9.17) is 31.0 Å². The van der Waals surface area contributed by atoms with Crippen molar-refractivity contribution in [2.24, 2.45) is 0 Å². The highest BCUT2D eigenvalue weighted by Gasteiger charge is 2.30. The van der Waals surface area contributed by atoms with Crippen LogP contribution in [0.3, 0.4) is 0 Å². The fourth-order valence-corrected chi connectivity index (χ4v) is 3.68. The predicted molar refractivity (Wildman–Crippen MR) is 118 cm³/mol. The number of halogens is 1. The van der Waals surface area contributed by atoms with Gasteiger partial charge in [-0.1, -0.05) is 23.7 Å². The number of para-hydroxylation sites is 2. The van der Waals surface area contributed by atoms with Crippen LogP contribution in [0, 0.1) is 0 Å². The van der Waals surface area contributed by atoms with Gasteiger partial charge in [0.25, 0.3) is 5.91 Å². The molecule has 0 bridgehead atoms. The van der Waals surface area contributed by atoms with Gasteiger partial charge in [0.2, 0.25) is 0 Å². The third-order valence-electron chi connectivity index (χ3n) is 4.89. The molecule has 0 aliphatic carbocycles. The van der Waals surface area contributed by atoms with Crippen LogP contribution in [0.15, 0.2) is 36.4 Å². The van der Waals surface area contributed by atoms with Crippen LogP contribution < -0.4 is 19.3 Å². The summed E-state index contributed by atoms with van der Waals surface area (Å²) in [7, 11) is 3.47. The Labute approximate surface area is 180 Å². The number of likely N-dealkylation sites (N-methyl/N-ethyl adjacent to an activating group) is 1. The first kappa shape index (κ1) is 20.2. The zero-order valence-corrected chi connectivity index (χ0v) is 18.1. The Balaban J connectivity index is 1.77. The SMILES string of the molecule is COc1cc(C(=O)N2CCN(C)c3nc4ccccc4nc32)cc(Cl)c1OC(C)C. The first-order valence-electron chi connectivity index (χ1n) is 9.73. The van der Waals surface area contributed by atoms with E-state index in [1.54, 1.807) is 17.0 Å². The largest absolute Gasteiger partial charge is 0.493 e. The van der Waals surface area contributed by atoms with E-state index in [0.29, 0.717) is 46.8 Å². The van der Waals surface area contributed by atoms with Gasteiger partial charge < -0.3 is 14.4 Å². The second-order valence-electron chi connectivity index (χ2n) is 7.39. The average Bonchev–Trinajstić information content (AvgIpc) is 2.73. The third-order valence-corrected chi connectivity index (χ3v) is 5.17. The molecule has 1 amide bonds. The molecule has 4 rings (SSSR count). The normalized spacial score (nSPS) is 13.5. The van der Waals surface area contributed by atoms with E-state index >= 15 is 0 Å². The number of anilines is 2. The number of ether oxygens (including phenoxy) is 2. The summed E-state index contributed by atoms with van der Waals surface area (Å²) in [6.45, 7) is 4.93. The second kappa shape index (κ2) is 7.99. The van der Waals surface area contributed by atoms with Crippen LogP contribution in [-0.2, 0) is 0 Å². The molecule has 1 aromatic heterocycles. The van der Waals surface area contributed by atoms with Crippen LogP contribution in [0.4, 0.5) is 11.6 Å². The monoisotopic (exact) mass is 426 g/mol. The minimum Gasteiger partial charge on any atom is -0.493 e. The number of rotatable bonds is 4. The summed E-state index contributed by atoms with van der Waals surface area (Å²) < 4.78 is 11.2. The smallest absolute Gasteiger partial charge is 0.259 e. The van der Waals surface area contributed by atoms with Crippen LogP contribution in [0.25, 0.3) is 11.0 Å². The number of aromatic nitrogens is 2. The number of amides is 1. The van der Waals surface area contributed by atoms with Gasteiger partial charge in [0.05, 0.1) is 29.3 Å². The molecule has 0 saturated heterocycles. The molecule has 8 heteroatoms. The number of hydrogen-bond acceptors (Lipinski definition) is 6. The molecule has 0 unspecified atom stereocenters. The number of fused-ring (bicyclic) bond motifs is 2. The number of benzene rings is 2. The van der Waals surface area contributed by atoms with E-state index in [2.05, 4.69) is 0 Å². The molecule has 156 valence electrons. The Hall–Kier alpha value is -3.06. The van der Waals surface area contributed by atoms with E-state index in [-0.39, 0.29) is 12.0 Å². The molecule has 0 saturated carbocycles. The molecule has 2 aromatic carbocycles. The van der Waals surface area contributed by atoms with E-state index in [1.807, 2.05) is 50.1 Å². The molecule has 1 aliphatic rings. The maximum Gasteiger partial charge on any atom is 0.259 e. The Kier molecular flexibility index (Phi) is 5.39. The first-order valence-corrected chi connectivity index (χ1v) is 10.1. The van der Waals surface area contributed by atoms with Crippen molar-refractivity contribution in [3.8, 4) is 11.5 Å². The molecule has 0 atom stereocenters. The molecule has 0 spiro atoms. The highest BCUT2D eigenvalue weighted by atomic mass is 35.5. The van der Waals surface area contributed by atoms with Gasteiger partial charge in [-0.2, -0.15) is 0 Å². The molecule has 3 aromatic rings. The quantitative estimate of drug-likeness (QED) is 0.623. The molecule has 1 aliphatic heterocycles. The van der Waals surface area contributed by atoms with Gasteiger partial charge in [-0.05, 0) is 38.1 Å². The summed E-state index contributed by atoms with van der Waals surface area (Å²) in [5, 5.41) is 0.324. The summed E-state index contributed by atoms with van der Waals surface area (Å²) >= 11 is 6.43. The van der Waals surface area contributed by atoms with Crippen molar-refractivity contribution in [2.45, 2.75) is 20.0 Å². The molecule has 0 radical (unpaired) electrons. The summed E-state index contributed by atoms with van der Waals surface area (Å²) in [5.74, 6) is 1.83. The zero-order valence-electron chi connectivity index (χ0n) is 17.3. The summed E-state index contributed by atoms with van der Waals surface area (Å²) in [6, 6.07) is 10.9. The number of carbonyl (C=O) groups excluding carboxylic acids is 1. The predicted octanol–water partition coefficient (Wildman–Crippen LogP) is 4.18. The van der Waals surface area contributed by atoms with Crippen molar-refractivity contribution >= 4 is 40.2 Å². The van der Waals surface area contributed by atoms with Crippen LogP contribution >= 0.6 is 11.6 Å². The van der Waals surface area contributed by atoms with Gasteiger partial charge in [-0.3, -0.25) is 9.69 Å². The molecule has 30 heavy (non-hydrogen) atoms. The maximum absolute atomic E-state index is 13.4. The second-order valence-corrected chi connectivity index (χ2v) is 7.80. The lowest BCUT2D eigenvalue weighted by atomic mass is 10.1. The van der Waals surface area contributed by atoms with Gasteiger partial charge in [-0.15, -0.1) is 0 Å². The summed E-state index contributed by atoms with van der Waals surface area (Å²) in [6.07, 6.45) is -0.0778. The Morgan fingerprint density at radius 2 is 1.77 bits per heavy atom. The average molecular weight is 427 g/mol. The van der Waals surface area contributed by atoms with E-state index in [0.717, 1.165) is 11.0 Å². The molecular weight excluding hydrogens is 404 g/mol. The van der Waals surface area contributed by atoms with E-state index in [1.165, 1.54) is 7.11 Å². The Morgan fingerprint density at radius 1 is 1.10 bits per heavy atom. The Morgan fingerprint density at radius 3 is 2.40 bits per heavy atom. The molecule has 0 N–H and O–H groups in total. The van der Waals surface area contributed by atoms with Crippen molar-refractivity contribution < 1.29 is 14.3 Å². The van der Waals surface area contributed by atoms with Gasteiger partial charge in [0.1, 0.15) is 0 Å².